The number of aromatic nitrogens is 1. The summed E-state index contributed by atoms with van der Waals surface area (Å²) < 4.78 is 5.19. The lowest BCUT2D eigenvalue weighted by molar-refractivity contribution is -0.115. The molecule has 0 atom stereocenters. The van der Waals surface area contributed by atoms with Crippen molar-refractivity contribution in [3.8, 4) is 5.75 Å². The van der Waals surface area contributed by atoms with Gasteiger partial charge >= 0.3 is 6.03 Å². The molecule has 0 bridgehead atoms. The first kappa shape index (κ1) is 19.7. The third-order valence-corrected chi connectivity index (χ3v) is 4.66. The molecule has 144 valence electrons. The van der Waals surface area contributed by atoms with Gasteiger partial charge in [0, 0.05) is 16.1 Å². The second kappa shape index (κ2) is 9.20. The van der Waals surface area contributed by atoms with E-state index in [4.69, 9.17) is 16.3 Å². The molecule has 0 fully saturated rings. The van der Waals surface area contributed by atoms with Crippen LogP contribution in [0.4, 0.5) is 21.3 Å². The van der Waals surface area contributed by atoms with E-state index in [0.29, 0.717) is 33.0 Å². The molecule has 0 aliphatic heterocycles. The molecule has 0 saturated heterocycles. The van der Waals surface area contributed by atoms with Crippen LogP contribution in [0.3, 0.4) is 0 Å². The van der Waals surface area contributed by atoms with Gasteiger partial charge in [-0.2, -0.15) is 0 Å². The maximum atomic E-state index is 12.1. The van der Waals surface area contributed by atoms with Gasteiger partial charge in [-0.3, -0.25) is 10.1 Å². The summed E-state index contributed by atoms with van der Waals surface area (Å²) in [5, 5.41) is 10.8. The maximum Gasteiger partial charge on any atom is 0.325 e. The van der Waals surface area contributed by atoms with Crippen molar-refractivity contribution in [1.82, 2.24) is 4.98 Å². The maximum absolute atomic E-state index is 12.1. The number of carbonyl (C=O) groups excluding carboxylic acids is 2. The molecule has 0 saturated carbocycles. The number of para-hydroxylation sites is 2. The molecule has 0 aliphatic carbocycles. The van der Waals surface area contributed by atoms with Crippen LogP contribution in [0.1, 0.15) is 5.69 Å². The summed E-state index contributed by atoms with van der Waals surface area (Å²) in [5.41, 5.74) is 1.75. The predicted molar refractivity (Wildman–Crippen MR) is 112 cm³/mol. The fourth-order valence-electron chi connectivity index (χ4n) is 2.35. The molecule has 0 radical (unpaired) electrons. The van der Waals surface area contributed by atoms with E-state index in [1.807, 2.05) is 6.07 Å². The Morgan fingerprint density at radius 3 is 2.57 bits per heavy atom. The quantitative estimate of drug-likeness (QED) is 0.546. The zero-order chi connectivity index (χ0) is 19.9. The Labute approximate surface area is 170 Å². The number of ether oxygens (including phenoxy) is 1. The third kappa shape index (κ3) is 5.45. The van der Waals surface area contributed by atoms with Crippen LogP contribution >= 0.6 is 22.9 Å². The van der Waals surface area contributed by atoms with Crippen molar-refractivity contribution in [3.63, 3.8) is 0 Å². The molecule has 28 heavy (non-hydrogen) atoms. The van der Waals surface area contributed by atoms with Crippen LogP contribution in [0.15, 0.2) is 53.9 Å². The highest BCUT2D eigenvalue weighted by molar-refractivity contribution is 7.14. The highest BCUT2D eigenvalue weighted by atomic mass is 35.5. The highest BCUT2D eigenvalue weighted by Crippen LogP contribution is 2.23. The van der Waals surface area contributed by atoms with Gasteiger partial charge in [0.15, 0.2) is 5.13 Å². The molecule has 9 heteroatoms. The Bertz CT molecular complexity index is 975. The number of amides is 3. The zero-order valence-electron chi connectivity index (χ0n) is 14.9. The van der Waals surface area contributed by atoms with E-state index in [9.17, 15) is 9.59 Å². The van der Waals surface area contributed by atoms with Gasteiger partial charge in [-0.25, -0.2) is 9.78 Å². The molecule has 7 nitrogen and oxygen atoms in total. The molecule has 3 amide bonds. The van der Waals surface area contributed by atoms with E-state index < -0.39 is 6.03 Å². The first-order valence-corrected chi connectivity index (χ1v) is 9.50. The van der Waals surface area contributed by atoms with Gasteiger partial charge in [-0.1, -0.05) is 23.7 Å². The largest absolute Gasteiger partial charge is 0.495 e. The summed E-state index contributed by atoms with van der Waals surface area (Å²) in [6.07, 6.45) is 0.0922. The van der Waals surface area contributed by atoms with E-state index in [0.717, 1.165) is 0 Å². The lowest BCUT2D eigenvalue weighted by Gasteiger charge is -2.09. The van der Waals surface area contributed by atoms with Crippen molar-refractivity contribution < 1.29 is 14.3 Å². The summed E-state index contributed by atoms with van der Waals surface area (Å²) in [6.45, 7) is 0. The summed E-state index contributed by atoms with van der Waals surface area (Å²) in [6, 6.07) is 13.5. The molecule has 3 N–H and O–H groups in total. The van der Waals surface area contributed by atoms with Crippen molar-refractivity contribution in [3.05, 3.63) is 64.6 Å². The van der Waals surface area contributed by atoms with E-state index in [2.05, 4.69) is 20.9 Å². The molecule has 0 unspecified atom stereocenters. The van der Waals surface area contributed by atoms with Gasteiger partial charge in [0.1, 0.15) is 5.75 Å². The first-order valence-electron chi connectivity index (χ1n) is 8.24. The fourth-order valence-corrected chi connectivity index (χ4v) is 3.18. The Hall–Kier alpha value is -3.10. The SMILES string of the molecule is COc1ccccc1NC(=O)Nc1nc(CC(=O)Nc2ccc(Cl)cc2)cs1. The number of anilines is 3. The van der Waals surface area contributed by atoms with E-state index in [-0.39, 0.29) is 12.3 Å². The van der Waals surface area contributed by atoms with Crippen LogP contribution in [-0.2, 0) is 11.2 Å². The van der Waals surface area contributed by atoms with Gasteiger partial charge in [0.25, 0.3) is 0 Å². The van der Waals surface area contributed by atoms with Crippen LogP contribution in [0.25, 0.3) is 0 Å². The number of hydrogen-bond acceptors (Lipinski definition) is 5. The topological polar surface area (TPSA) is 92.3 Å². The molecule has 1 heterocycles. The van der Waals surface area contributed by atoms with Crippen LogP contribution in [0.2, 0.25) is 5.02 Å². The summed E-state index contributed by atoms with van der Waals surface area (Å²) >= 11 is 7.06. The number of rotatable bonds is 6. The molecule has 2 aromatic carbocycles. The molecular weight excluding hydrogens is 400 g/mol. The van der Waals surface area contributed by atoms with Gasteiger partial charge in [0.2, 0.25) is 5.91 Å². The minimum atomic E-state index is -0.448. The van der Waals surface area contributed by atoms with Gasteiger partial charge < -0.3 is 15.4 Å². The minimum Gasteiger partial charge on any atom is -0.495 e. The number of thiazole rings is 1. The fraction of sp³-hybridized carbons (Fsp3) is 0.105. The lowest BCUT2D eigenvalue weighted by atomic mass is 10.3. The Morgan fingerprint density at radius 1 is 1.07 bits per heavy atom. The number of methoxy groups -OCH3 is 1. The van der Waals surface area contributed by atoms with Crippen LogP contribution in [0.5, 0.6) is 5.75 Å². The van der Waals surface area contributed by atoms with Crippen molar-refractivity contribution in [2.45, 2.75) is 6.42 Å². The number of nitrogens with zero attached hydrogens (tertiary/aromatic N) is 1. The predicted octanol–water partition coefficient (Wildman–Crippen LogP) is 4.63. The highest BCUT2D eigenvalue weighted by Gasteiger charge is 2.11. The number of nitrogens with one attached hydrogen (secondary N) is 3. The van der Waals surface area contributed by atoms with Gasteiger partial charge in [0.05, 0.1) is 24.9 Å². The minimum absolute atomic E-state index is 0.0922. The van der Waals surface area contributed by atoms with E-state index in [1.165, 1.54) is 18.4 Å². The van der Waals surface area contributed by atoms with Crippen LogP contribution in [-0.4, -0.2) is 24.0 Å². The van der Waals surface area contributed by atoms with Crippen molar-refractivity contribution >= 4 is 51.4 Å². The lowest BCUT2D eigenvalue weighted by Crippen LogP contribution is -2.20. The average molecular weight is 417 g/mol. The Balaban J connectivity index is 1.54. The van der Waals surface area contributed by atoms with Gasteiger partial charge in [-0.15, -0.1) is 11.3 Å². The summed E-state index contributed by atoms with van der Waals surface area (Å²) in [4.78, 5) is 28.5. The van der Waals surface area contributed by atoms with Crippen LogP contribution < -0.4 is 20.7 Å². The third-order valence-electron chi connectivity index (χ3n) is 3.60. The second-order valence-corrected chi connectivity index (χ2v) is 6.95. The molecule has 3 rings (SSSR count). The van der Waals surface area contributed by atoms with Crippen LogP contribution in [0, 0.1) is 0 Å². The number of benzene rings is 2. The summed E-state index contributed by atoms with van der Waals surface area (Å²) in [5.74, 6) is 0.342. The molecule has 3 aromatic rings. The number of hydrogen-bond donors (Lipinski definition) is 3. The first-order chi connectivity index (χ1) is 13.5. The zero-order valence-corrected chi connectivity index (χ0v) is 16.4. The molecular formula is C19H17ClN4O3S. The smallest absolute Gasteiger partial charge is 0.325 e. The molecule has 0 aliphatic rings. The standard InChI is InChI=1S/C19H17ClN4O3S/c1-27-16-5-3-2-4-15(16)23-18(26)24-19-22-14(11-28-19)10-17(25)21-13-8-6-12(20)7-9-13/h2-9,11H,10H2,1H3,(H,21,25)(H2,22,23,24,26). The van der Waals surface area contributed by atoms with Gasteiger partial charge in [-0.05, 0) is 36.4 Å². The monoisotopic (exact) mass is 416 g/mol. The average Bonchev–Trinajstić information content (AvgIpc) is 3.10. The van der Waals surface area contributed by atoms with Crippen molar-refractivity contribution in [1.29, 1.82) is 0 Å². The normalized spacial score (nSPS) is 10.2. The molecule has 0 spiro atoms. The van der Waals surface area contributed by atoms with Crippen molar-refractivity contribution in [2.75, 3.05) is 23.1 Å². The number of urea groups is 1. The number of halogens is 1. The second-order valence-electron chi connectivity index (χ2n) is 5.66. The molecule has 1 aromatic heterocycles. The van der Waals surface area contributed by atoms with E-state index in [1.54, 1.807) is 47.8 Å². The van der Waals surface area contributed by atoms with Crippen molar-refractivity contribution in [2.24, 2.45) is 0 Å². The van der Waals surface area contributed by atoms with E-state index >= 15 is 0 Å². The summed E-state index contributed by atoms with van der Waals surface area (Å²) in [7, 11) is 1.53. The Morgan fingerprint density at radius 2 is 1.82 bits per heavy atom. The number of carbonyl (C=O) groups is 2. The Kier molecular flexibility index (Phi) is 6.46.